The minimum absolute atomic E-state index is 0.709. The van der Waals surface area contributed by atoms with Crippen molar-refractivity contribution in [3.05, 3.63) is 36.1 Å². The maximum absolute atomic E-state index is 5.73. The summed E-state index contributed by atoms with van der Waals surface area (Å²) in [6.45, 7) is 8.26. The molecule has 98 valence electrons. The number of benzene rings is 1. The molecule has 2 N–H and O–H groups in total. The quantitative estimate of drug-likeness (QED) is 0.738. The summed E-state index contributed by atoms with van der Waals surface area (Å²) >= 11 is 0. The van der Waals surface area contributed by atoms with Gasteiger partial charge in [0.05, 0.1) is 6.54 Å². The van der Waals surface area contributed by atoms with Gasteiger partial charge in [0.1, 0.15) is 11.3 Å². The Bertz CT molecular complexity index is 443. The van der Waals surface area contributed by atoms with Crippen molar-refractivity contribution in [3.63, 3.8) is 0 Å². The normalized spacial score (nSPS) is 11.5. The van der Waals surface area contributed by atoms with Crippen LogP contribution in [-0.4, -0.2) is 19.6 Å². The van der Waals surface area contributed by atoms with Gasteiger partial charge in [0.2, 0.25) is 0 Å². The van der Waals surface area contributed by atoms with Crippen LogP contribution >= 0.6 is 0 Å². The number of furan rings is 1. The molecule has 1 heterocycles. The topological polar surface area (TPSA) is 37.2 Å². The van der Waals surface area contributed by atoms with E-state index in [1.807, 2.05) is 18.2 Å². The second-order valence-corrected chi connectivity index (χ2v) is 5.03. The molecule has 0 unspecified atom stereocenters. The van der Waals surface area contributed by atoms with Crippen LogP contribution < -0.4 is 10.6 Å². The molecule has 0 aliphatic carbocycles. The summed E-state index contributed by atoms with van der Waals surface area (Å²) in [5.74, 6) is 1.71. The van der Waals surface area contributed by atoms with E-state index in [-0.39, 0.29) is 0 Å². The minimum atomic E-state index is 0.709. The van der Waals surface area contributed by atoms with Gasteiger partial charge in [0.25, 0.3) is 0 Å². The highest BCUT2D eigenvalue weighted by Crippen LogP contribution is 2.18. The molecule has 0 saturated carbocycles. The Kier molecular flexibility index (Phi) is 4.79. The van der Waals surface area contributed by atoms with Gasteiger partial charge in [-0.2, -0.15) is 0 Å². The van der Waals surface area contributed by atoms with Gasteiger partial charge < -0.3 is 15.1 Å². The molecule has 0 aliphatic heterocycles. The highest BCUT2D eigenvalue weighted by molar-refractivity contribution is 5.77. The lowest BCUT2D eigenvalue weighted by Gasteiger charge is -2.07. The van der Waals surface area contributed by atoms with Crippen molar-refractivity contribution in [2.75, 3.05) is 19.6 Å². The van der Waals surface area contributed by atoms with Crippen LogP contribution in [0.1, 0.15) is 19.6 Å². The van der Waals surface area contributed by atoms with Gasteiger partial charge in [-0.05, 0) is 24.6 Å². The molecule has 0 fully saturated rings. The van der Waals surface area contributed by atoms with Crippen molar-refractivity contribution in [2.45, 2.75) is 20.4 Å². The fourth-order valence-corrected chi connectivity index (χ4v) is 1.90. The van der Waals surface area contributed by atoms with E-state index in [1.165, 1.54) is 5.39 Å². The van der Waals surface area contributed by atoms with Crippen LogP contribution in [0.4, 0.5) is 0 Å². The Morgan fingerprint density at radius 2 is 1.89 bits per heavy atom. The Hall–Kier alpha value is -1.32. The Balaban J connectivity index is 1.70. The van der Waals surface area contributed by atoms with Crippen LogP contribution in [0.15, 0.2) is 34.7 Å². The molecule has 0 bridgehead atoms. The summed E-state index contributed by atoms with van der Waals surface area (Å²) in [6, 6.07) is 10.2. The predicted molar refractivity (Wildman–Crippen MR) is 75.6 cm³/mol. The van der Waals surface area contributed by atoms with Gasteiger partial charge >= 0.3 is 0 Å². The zero-order chi connectivity index (χ0) is 12.8. The van der Waals surface area contributed by atoms with E-state index in [4.69, 9.17) is 4.42 Å². The molecule has 18 heavy (non-hydrogen) atoms. The first-order chi connectivity index (χ1) is 8.75. The number of nitrogens with one attached hydrogen (secondary N) is 2. The van der Waals surface area contributed by atoms with Crippen LogP contribution in [0.3, 0.4) is 0 Å². The molecule has 0 saturated heterocycles. The van der Waals surface area contributed by atoms with Gasteiger partial charge in [-0.15, -0.1) is 0 Å². The van der Waals surface area contributed by atoms with Crippen molar-refractivity contribution in [2.24, 2.45) is 5.92 Å². The second-order valence-electron chi connectivity index (χ2n) is 5.03. The molecular formula is C15H22N2O. The second kappa shape index (κ2) is 6.57. The molecular weight excluding hydrogens is 224 g/mol. The fourth-order valence-electron chi connectivity index (χ4n) is 1.90. The number of rotatable bonds is 7. The zero-order valence-electron chi connectivity index (χ0n) is 11.2. The predicted octanol–water partition coefficient (Wildman–Crippen LogP) is 2.77. The molecule has 0 radical (unpaired) electrons. The molecule has 0 atom stereocenters. The SMILES string of the molecule is CC(C)CNCCNCc1cc2ccccc2o1. The third kappa shape index (κ3) is 3.86. The van der Waals surface area contributed by atoms with Crippen LogP contribution in [0.2, 0.25) is 0 Å². The monoisotopic (exact) mass is 246 g/mol. The van der Waals surface area contributed by atoms with Crippen LogP contribution in [0, 0.1) is 5.92 Å². The van der Waals surface area contributed by atoms with E-state index in [2.05, 4.69) is 36.6 Å². The lowest BCUT2D eigenvalue weighted by molar-refractivity contribution is 0.496. The average molecular weight is 246 g/mol. The lowest BCUT2D eigenvalue weighted by Crippen LogP contribution is -2.29. The highest BCUT2D eigenvalue weighted by atomic mass is 16.3. The lowest BCUT2D eigenvalue weighted by atomic mass is 10.2. The maximum Gasteiger partial charge on any atom is 0.134 e. The fraction of sp³-hybridized carbons (Fsp3) is 0.467. The third-order valence-electron chi connectivity index (χ3n) is 2.81. The van der Waals surface area contributed by atoms with E-state index in [0.29, 0.717) is 5.92 Å². The van der Waals surface area contributed by atoms with E-state index in [0.717, 1.165) is 37.5 Å². The van der Waals surface area contributed by atoms with Crippen LogP contribution in [0.5, 0.6) is 0 Å². The Labute approximate surface area is 109 Å². The summed E-state index contributed by atoms with van der Waals surface area (Å²) in [5.41, 5.74) is 0.965. The number of hydrogen-bond acceptors (Lipinski definition) is 3. The van der Waals surface area contributed by atoms with Crippen molar-refractivity contribution in [3.8, 4) is 0 Å². The van der Waals surface area contributed by atoms with E-state index in [9.17, 15) is 0 Å². The van der Waals surface area contributed by atoms with Gasteiger partial charge in [-0.1, -0.05) is 32.0 Å². The van der Waals surface area contributed by atoms with Gasteiger partial charge in [-0.25, -0.2) is 0 Å². The summed E-state index contributed by atoms with van der Waals surface area (Å²) in [5, 5.41) is 7.96. The first-order valence-electron chi connectivity index (χ1n) is 6.64. The number of para-hydroxylation sites is 1. The van der Waals surface area contributed by atoms with Gasteiger partial charge in [-0.3, -0.25) is 0 Å². The number of fused-ring (bicyclic) bond motifs is 1. The molecule has 2 aromatic rings. The van der Waals surface area contributed by atoms with Gasteiger partial charge in [0.15, 0.2) is 0 Å². The summed E-state index contributed by atoms with van der Waals surface area (Å²) < 4.78 is 5.73. The Morgan fingerprint density at radius 1 is 1.11 bits per heavy atom. The molecule has 3 heteroatoms. The van der Waals surface area contributed by atoms with Crippen LogP contribution in [0.25, 0.3) is 11.0 Å². The smallest absolute Gasteiger partial charge is 0.134 e. The average Bonchev–Trinajstić information content (AvgIpc) is 2.75. The molecule has 0 amide bonds. The van der Waals surface area contributed by atoms with E-state index < -0.39 is 0 Å². The largest absolute Gasteiger partial charge is 0.460 e. The third-order valence-corrected chi connectivity index (χ3v) is 2.81. The number of hydrogen-bond donors (Lipinski definition) is 2. The first kappa shape index (κ1) is 13.1. The summed E-state index contributed by atoms with van der Waals surface area (Å²) in [6.07, 6.45) is 0. The van der Waals surface area contributed by atoms with Crippen LogP contribution in [-0.2, 0) is 6.54 Å². The molecule has 0 spiro atoms. The highest BCUT2D eigenvalue weighted by Gasteiger charge is 2.01. The van der Waals surface area contributed by atoms with E-state index in [1.54, 1.807) is 0 Å². The van der Waals surface area contributed by atoms with E-state index >= 15 is 0 Å². The maximum atomic E-state index is 5.73. The standard InChI is InChI=1S/C15H22N2O/c1-12(2)10-16-7-8-17-11-14-9-13-5-3-4-6-15(13)18-14/h3-6,9,12,16-17H,7-8,10-11H2,1-2H3. The molecule has 1 aromatic heterocycles. The molecule has 3 nitrogen and oxygen atoms in total. The molecule has 0 aliphatic rings. The van der Waals surface area contributed by atoms with Crippen molar-refractivity contribution >= 4 is 11.0 Å². The molecule has 2 rings (SSSR count). The van der Waals surface area contributed by atoms with Crippen molar-refractivity contribution in [1.29, 1.82) is 0 Å². The Morgan fingerprint density at radius 3 is 2.67 bits per heavy atom. The summed E-state index contributed by atoms with van der Waals surface area (Å²) in [7, 11) is 0. The van der Waals surface area contributed by atoms with Crippen molar-refractivity contribution in [1.82, 2.24) is 10.6 Å². The van der Waals surface area contributed by atoms with Gasteiger partial charge in [0, 0.05) is 18.5 Å². The van der Waals surface area contributed by atoms with Crippen molar-refractivity contribution < 1.29 is 4.42 Å². The zero-order valence-corrected chi connectivity index (χ0v) is 11.2. The minimum Gasteiger partial charge on any atom is -0.460 e. The first-order valence-corrected chi connectivity index (χ1v) is 6.64. The molecule has 1 aromatic carbocycles. The summed E-state index contributed by atoms with van der Waals surface area (Å²) in [4.78, 5) is 0.